The van der Waals surface area contributed by atoms with Crippen LogP contribution in [0.25, 0.3) is 0 Å². The molecule has 1 heterocycles. The number of ether oxygens (including phenoxy) is 3. The van der Waals surface area contributed by atoms with E-state index in [0.29, 0.717) is 6.61 Å². The Morgan fingerprint density at radius 2 is 2.03 bits per heavy atom. The Bertz CT molecular complexity index is 943. The molecule has 1 unspecified atom stereocenters. The summed E-state index contributed by atoms with van der Waals surface area (Å²) in [4.78, 5) is 11.0. The maximum Gasteiger partial charge on any atom is 0.304 e. The second-order valence-electron chi connectivity index (χ2n) is 9.35. The van der Waals surface area contributed by atoms with Crippen LogP contribution in [0.1, 0.15) is 74.0 Å². The highest BCUT2D eigenvalue weighted by Crippen LogP contribution is 2.45. The molecule has 5 nitrogen and oxygen atoms in total. The van der Waals surface area contributed by atoms with Crippen LogP contribution in [0.2, 0.25) is 0 Å². The number of methoxy groups -OCH3 is 1. The van der Waals surface area contributed by atoms with Crippen LogP contribution in [0.3, 0.4) is 0 Å². The Balaban J connectivity index is 1.56. The van der Waals surface area contributed by atoms with E-state index < -0.39 is 5.97 Å². The molecule has 1 N–H and O–H groups in total. The van der Waals surface area contributed by atoms with Gasteiger partial charge in [0.25, 0.3) is 0 Å². The molecule has 0 saturated carbocycles. The monoisotopic (exact) mass is 410 g/mol. The van der Waals surface area contributed by atoms with Crippen LogP contribution in [0, 0.1) is 5.41 Å². The predicted molar refractivity (Wildman–Crippen MR) is 114 cm³/mol. The number of fused-ring (bicyclic) bond motifs is 2. The van der Waals surface area contributed by atoms with E-state index >= 15 is 0 Å². The smallest absolute Gasteiger partial charge is 0.304 e. The average Bonchev–Trinajstić information content (AvgIpc) is 3.26. The lowest BCUT2D eigenvalue weighted by Gasteiger charge is -2.31. The lowest BCUT2D eigenvalue weighted by atomic mass is 9.82. The zero-order valence-electron chi connectivity index (χ0n) is 18.1. The van der Waals surface area contributed by atoms with Crippen LogP contribution in [0.15, 0.2) is 36.4 Å². The standard InChI is InChI=1S/C25H30O5/c1-25(2,3)24(28-4)20-7-5-6-19-18(20)10-11-21(19)30-16-8-9-17-15(12-23(26)27)14-29-22(17)13-16/h5-9,13,15,21,24H,10-12,14H2,1-4H3,(H,26,27)/t15-,21-,24?/m1/s1. The van der Waals surface area contributed by atoms with Gasteiger partial charge in [0.15, 0.2) is 0 Å². The highest BCUT2D eigenvalue weighted by molar-refractivity contribution is 5.68. The number of hydrogen-bond acceptors (Lipinski definition) is 4. The van der Waals surface area contributed by atoms with Crippen LogP contribution in [-0.4, -0.2) is 24.8 Å². The van der Waals surface area contributed by atoms with Crippen LogP contribution in [-0.2, 0) is 16.0 Å². The Morgan fingerprint density at radius 3 is 2.73 bits per heavy atom. The molecule has 160 valence electrons. The number of carboxylic acids is 1. The number of carbonyl (C=O) groups is 1. The molecule has 0 aromatic heterocycles. The van der Waals surface area contributed by atoms with Crippen LogP contribution >= 0.6 is 0 Å². The van der Waals surface area contributed by atoms with Crippen molar-refractivity contribution in [3.8, 4) is 11.5 Å². The van der Waals surface area contributed by atoms with E-state index in [1.807, 2.05) is 18.2 Å². The van der Waals surface area contributed by atoms with Crippen molar-refractivity contribution in [2.75, 3.05) is 13.7 Å². The maximum absolute atomic E-state index is 11.0. The SMILES string of the molecule is COC(c1cccc2c1CC[C@H]2Oc1ccc2c(c1)OC[C@H]2CC(=O)O)C(C)(C)C. The number of rotatable bonds is 6. The Kier molecular flexibility index (Phi) is 5.49. The molecule has 5 heteroatoms. The van der Waals surface area contributed by atoms with Crippen LogP contribution in [0.4, 0.5) is 0 Å². The van der Waals surface area contributed by atoms with Crippen molar-refractivity contribution in [1.29, 1.82) is 0 Å². The summed E-state index contributed by atoms with van der Waals surface area (Å²) in [7, 11) is 1.78. The Labute approximate surface area is 178 Å². The summed E-state index contributed by atoms with van der Waals surface area (Å²) < 4.78 is 18.0. The summed E-state index contributed by atoms with van der Waals surface area (Å²) in [5.41, 5.74) is 4.77. The van der Waals surface area contributed by atoms with Gasteiger partial charge in [0.1, 0.15) is 17.6 Å². The second-order valence-corrected chi connectivity index (χ2v) is 9.35. The highest BCUT2D eigenvalue weighted by atomic mass is 16.5. The molecule has 0 bridgehead atoms. The van der Waals surface area contributed by atoms with Gasteiger partial charge in [-0.15, -0.1) is 0 Å². The molecule has 0 amide bonds. The fourth-order valence-electron chi connectivity index (χ4n) is 4.83. The molecule has 4 rings (SSSR count). The zero-order valence-corrected chi connectivity index (χ0v) is 18.1. The van der Waals surface area contributed by atoms with Gasteiger partial charge in [-0.2, -0.15) is 0 Å². The molecular formula is C25H30O5. The van der Waals surface area contributed by atoms with E-state index in [0.717, 1.165) is 29.9 Å². The highest BCUT2D eigenvalue weighted by Gasteiger charge is 2.33. The maximum atomic E-state index is 11.0. The van der Waals surface area contributed by atoms with Crippen molar-refractivity contribution in [3.05, 3.63) is 58.7 Å². The molecule has 1 aliphatic heterocycles. The van der Waals surface area contributed by atoms with Crippen molar-refractivity contribution < 1.29 is 24.1 Å². The quantitative estimate of drug-likeness (QED) is 0.687. The topological polar surface area (TPSA) is 65.0 Å². The number of benzene rings is 2. The summed E-state index contributed by atoms with van der Waals surface area (Å²) >= 11 is 0. The van der Waals surface area contributed by atoms with Gasteiger partial charge >= 0.3 is 5.97 Å². The third-order valence-electron chi connectivity index (χ3n) is 6.12. The van der Waals surface area contributed by atoms with E-state index in [9.17, 15) is 4.79 Å². The van der Waals surface area contributed by atoms with Crippen LogP contribution < -0.4 is 9.47 Å². The molecule has 0 spiro atoms. The summed E-state index contributed by atoms with van der Waals surface area (Å²) in [6, 6.07) is 12.2. The first-order valence-corrected chi connectivity index (χ1v) is 10.6. The van der Waals surface area contributed by atoms with Crippen molar-refractivity contribution in [2.24, 2.45) is 5.41 Å². The van der Waals surface area contributed by atoms with Gasteiger partial charge in [0, 0.05) is 24.7 Å². The second kappa shape index (κ2) is 7.95. The molecule has 3 atom stereocenters. The third kappa shape index (κ3) is 3.91. The largest absolute Gasteiger partial charge is 0.492 e. The molecule has 0 radical (unpaired) electrons. The van der Waals surface area contributed by atoms with E-state index in [1.165, 1.54) is 16.7 Å². The number of aliphatic carboxylic acids is 1. The summed E-state index contributed by atoms with van der Waals surface area (Å²) in [5, 5.41) is 9.08. The van der Waals surface area contributed by atoms with Gasteiger partial charge in [-0.05, 0) is 41.0 Å². The minimum atomic E-state index is -0.806. The number of hydrogen-bond donors (Lipinski definition) is 1. The van der Waals surface area contributed by atoms with Gasteiger partial charge in [-0.25, -0.2) is 0 Å². The fraction of sp³-hybridized carbons (Fsp3) is 0.480. The van der Waals surface area contributed by atoms with E-state index in [-0.39, 0.29) is 30.0 Å². The molecule has 2 aromatic rings. The molecule has 2 aliphatic rings. The van der Waals surface area contributed by atoms with Gasteiger partial charge in [-0.3, -0.25) is 4.79 Å². The molecule has 0 saturated heterocycles. The normalized spacial score (nSPS) is 20.9. The van der Waals surface area contributed by atoms with Crippen molar-refractivity contribution in [1.82, 2.24) is 0 Å². The zero-order chi connectivity index (χ0) is 21.5. The van der Waals surface area contributed by atoms with Crippen molar-refractivity contribution >= 4 is 5.97 Å². The molecule has 2 aromatic carbocycles. The minimum absolute atomic E-state index is 0.00658. The van der Waals surface area contributed by atoms with Gasteiger partial charge < -0.3 is 19.3 Å². The molecule has 1 aliphatic carbocycles. The van der Waals surface area contributed by atoms with Gasteiger partial charge in [0.05, 0.1) is 19.1 Å². The van der Waals surface area contributed by atoms with E-state index in [1.54, 1.807) is 7.11 Å². The summed E-state index contributed by atoms with van der Waals surface area (Å²) in [6.45, 7) is 7.01. The van der Waals surface area contributed by atoms with E-state index in [4.69, 9.17) is 19.3 Å². The molecule has 30 heavy (non-hydrogen) atoms. The van der Waals surface area contributed by atoms with Crippen molar-refractivity contribution in [3.63, 3.8) is 0 Å². The average molecular weight is 411 g/mol. The fourth-order valence-corrected chi connectivity index (χ4v) is 4.83. The first kappa shape index (κ1) is 20.7. The Morgan fingerprint density at radius 1 is 1.23 bits per heavy atom. The number of carboxylic acid groups (broad SMARTS) is 1. The minimum Gasteiger partial charge on any atom is -0.492 e. The lowest BCUT2D eigenvalue weighted by molar-refractivity contribution is -0.137. The molecule has 0 fully saturated rings. The first-order valence-electron chi connectivity index (χ1n) is 10.6. The summed E-state index contributed by atoms with van der Waals surface area (Å²) in [6.07, 6.45) is 2.00. The van der Waals surface area contributed by atoms with Gasteiger partial charge in [0.2, 0.25) is 0 Å². The Hall–Kier alpha value is -2.53. The predicted octanol–water partition coefficient (Wildman–Crippen LogP) is 5.44. The van der Waals surface area contributed by atoms with Crippen molar-refractivity contribution in [2.45, 2.75) is 58.2 Å². The summed E-state index contributed by atoms with van der Waals surface area (Å²) in [5.74, 6) is 0.592. The van der Waals surface area contributed by atoms with E-state index in [2.05, 4.69) is 39.0 Å². The van der Waals surface area contributed by atoms with Crippen LogP contribution in [0.5, 0.6) is 11.5 Å². The third-order valence-corrected chi connectivity index (χ3v) is 6.12. The molecular weight excluding hydrogens is 380 g/mol. The lowest BCUT2D eigenvalue weighted by Crippen LogP contribution is -2.21. The van der Waals surface area contributed by atoms with Gasteiger partial charge in [-0.1, -0.05) is 45.0 Å². The first-order chi connectivity index (χ1) is 14.3.